The molecule has 0 bridgehead atoms. The van der Waals surface area contributed by atoms with Crippen LogP contribution < -0.4 is 19.5 Å². The SMILES string of the molecule is CCOc1ccc(NC(=O)COc2ccccc2C=O)cc1OCC. The van der Waals surface area contributed by atoms with Crippen LogP contribution in [0.5, 0.6) is 17.2 Å². The fourth-order valence-electron chi connectivity index (χ4n) is 2.18. The minimum Gasteiger partial charge on any atom is -0.490 e. The molecule has 0 aromatic heterocycles. The van der Waals surface area contributed by atoms with E-state index in [1.165, 1.54) is 0 Å². The number of carbonyl (C=O) groups is 2. The number of amides is 1. The van der Waals surface area contributed by atoms with Crippen molar-refractivity contribution in [2.45, 2.75) is 13.8 Å². The predicted molar refractivity (Wildman–Crippen MR) is 94.7 cm³/mol. The van der Waals surface area contributed by atoms with Crippen LogP contribution in [-0.4, -0.2) is 32.0 Å². The monoisotopic (exact) mass is 343 g/mol. The van der Waals surface area contributed by atoms with E-state index in [-0.39, 0.29) is 12.5 Å². The number of rotatable bonds is 9. The van der Waals surface area contributed by atoms with E-state index in [0.29, 0.717) is 48.0 Å². The van der Waals surface area contributed by atoms with Gasteiger partial charge in [-0.25, -0.2) is 0 Å². The Morgan fingerprint density at radius 1 is 0.960 bits per heavy atom. The number of anilines is 1. The van der Waals surface area contributed by atoms with Crippen LogP contribution in [0.25, 0.3) is 0 Å². The Balaban J connectivity index is 2.00. The molecule has 0 atom stereocenters. The summed E-state index contributed by atoms with van der Waals surface area (Å²) in [7, 11) is 0. The molecule has 0 fully saturated rings. The molecule has 25 heavy (non-hydrogen) atoms. The Hall–Kier alpha value is -3.02. The molecule has 0 saturated heterocycles. The first kappa shape index (κ1) is 18.3. The second-order valence-electron chi connectivity index (χ2n) is 5.02. The van der Waals surface area contributed by atoms with Gasteiger partial charge in [-0.3, -0.25) is 9.59 Å². The van der Waals surface area contributed by atoms with E-state index in [4.69, 9.17) is 14.2 Å². The Kier molecular flexibility index (Phi) is 6.83. The van der Waals surface area contributed by atoms with Gasteiger partial charge in [0.15, 0.2) is 24.4 Å². The minimum absolute atomic E-state index is 0.206. The van der Waals surface area contributed by atoms with Gasteiger partial charge in [0.2, 0.25) is 0 Å². The number of carbonyl (C=O) groups excluding carboxylic acids is 2. The summed E-state index contributed by atoms with van der Waals surface area (Å²) in [5, 5.41) is 2.73. The molecule has 6 heteroatoms. The topological polar surface area (TPSA) is 73.9 Å². The average molecular weight is 343 g/mol. The molecule has 0 spiro atoms. The molecule has 2 rings (SSSR count). The molecule has 6 nitrogen and oxygen atoms in total. The van der Waals surface area contributed by atoms with Crippen LogP contribution in [0.1, 0.15) is 24.2 Å². The predicted octanol–water partition coefficient (Wildman–Crippen LogP) is 3.31. The third kappa shape index (κ3) is 5.24. The molecule has 0 aliphatic heterocycles. The number of benzene rings is 2. The highest BCUT2D eigenvalue weighted by Gasteiger charge is 2.10. The first-order valence-corrected chi connectivity index (χ1v) is 8.04. The normalized spacial score (nSPS) is 10.0. The van der Waals surface area contributed by atoms with Crippen molar-refractivity contribution in [2.75, 3.05) is 25.1 Å². The lowest BCUT2D eigenvalue weighted by atomic mass is 10.2. The maximum atomic E-state index is 12.1. The third-order valence-electron chi connectivity index (χ3n) is 3.23. The van der Waals surface area contributed by atoms with Gasteiger partial charge >= 0.3 is 0 Å². The van der Waals surface area contributed by atoms with Crippen LogP contribution >= 0.6 is 0 Å². The first-order chi connectivity index (χ1) is 12.2. The van der Waals surface area contributed by atoms with E-state index in [1.54, 1.807) is 42.5 Å². The summed E-state index contributed by atoms with van der Waals surface area (Å²) in [6, 6.07) is 11.9. The Labute approximate surface area is 146 Å². The van der Waals surface area contributed by atoms with Crippen molar-refractivity contribution in [2.24, 2.45) is 0 Å². The zero-order chi connectivity index (χ0) is 18.1. The van der Waals surface area contributed by atoms with Crippen molar-refractivity contribution >= 4 is 17.9 Å². The van der Waals surface area contributed by atoms with Crippen LogP contribution in [0.3, 0.4) is 0 Å². The van der Waals surface area contributed by atoms with Gasteiger partial charge in [0.1, 0.15) is 5.75 Å². The number of aldehydes is 1. The Morgan fingerprint density at radius 3 is 2.40 bits per heavy atom. The summed E-state index contributed by atoms with van der Waals surface area (Å²) < 4.78 is 16.4. The number of para-hydroxylation sites is 1. The fraction of sp³-hybridized carbons (Fsp3) is 0.263. The van der Waals surface area contributed by atoms with Gasteiger partial charge in [-0.2, -0.15) is 0 Å². The summed E-state index contributed by atoms with van der Waals surface area (Å²) in [5.74, 6) is 1.22. The lowest BCUT2D eigenvalue weighted by Gasteiger charge is -2.13. The molecule has 1 N–H and O–H groups in total. The second kappa shape index (κ2) is 9.32. The van der Waals surface area contributed by atoms with E-state index in [9.17, 15) is 9.59 Å². The third-order valence-corrected chi connectivity index (χ3v) is 3.23. The van der Waals surface area contributed by atoms with Crippen molar-refractivity contribution < 1.29 is 23.8 Å². The highest BCUT2D eigenvalue weighted by atomic mass is 16.5. The molecular weight excluding hydrogens is 322 g/mol. The quantitative estimate of drug-likeness (QED) is 0.707. The van der Waals surface area contributed by atoms with Gasteiger partial charge in [0.05, 0.1) is 18.8 Å². The Bertz CT molecular complexity index is 730. The van der Waals surface area contributed by atoms with E-state index in [2.05, 4.69) is 5.32 Å². The Morgan fingerprint density at radius 2 is 1.68 bits per heavy atom. The summed E-state index contributed by atoms with van der Waals surface area (Å²) in [5.41, 5.74) is 0.971. The number of hydrogen-bond acceptors (Lipinski definition) is 5. The molecule has 0 unspecified atom stereocenters. The maximum Gasteiger partial charge on any atom is 0.262 e. The number of nitrogens with one attached hydrogen (secondary N) is 1. The summed E-state index contributed by atoms with van der Waals surface area (Å²) in [6.45, 7) is 4.57. The number of hydrogen-bond donors (Lipinski definition) is 1. The van der Waals surface area contributed by atoms with E-state index >= 15 is 0 Å². The molecule has 2 aromatic carbocycles. The second-order valence-corrected chi connectivity index (χ2v) is 5.02. The van der Waals surface area contributed by atoms with Gasteiger partial charge in [0.25, 0.3) is 5.91 Å². The molecular formula is C19H21NO5. The highest BCUT2D eigenvalue weighted by Crippen LogP contribution is 2.30. The maximum absolute atomic E-state index is 12.1. The first-order valence-electron chi connectivity index (χ1n) is 8.04. The van der Waals surface area contributed by atoms with E-state index < -0.39 is 0 Å². The molecule has 0 saturated carbocycles. The van der Waals surface area contributed by atoms with E-state index in [0.717, 1.165) is 0 Å². The van der Waals surface area contributed by atoms with Crippen molar-refractivity contribution in [1.29, 1.82) is 0 Å². The van der Waals surface area contributed by atoms with Gasteiger partial charge < -0.3 is 19.5 Å². The van der Waals surface area contributed by atoms with Gasteiger partial charge in [-0.1, -0.05) is 12.1 Å². The lowest BCUT2D eigenvalue weighted by molar-refractivity contribution is -0.118. The van der Waals surface area contributed by atoms with Gasteiger partial charge in [0, 0.05) is 11.8 Å². The minimum atomic E-state index is -0.340. The molecule has 132 valence electrons. The largest absolute Gasteiger partial charge is 0.490 e. The molecule has 0 aliphatic rings. The molecule has 0 radical (unpaired) electrons. The molecule has 2 aromatic rings. The van der Waals surface area contributed by atoms with E-state index in [1.807, 2.05) is 13.8 Å². The lowest BCUT2D eigenvalue weighted by Crippen LogP contribution is -2.20. The number of ether oxygens (including phenoxy) is 3. The highest BCUT2D eigenvalue weighted by molar-refractivity contribution is 5.92. The van der Waals surface area contributed by atoms with Crippen LogP contribution in [0.4, 0.5) is 5.69 Å². The van der Waals surface area contributed by atoms with Crippen molar-refractivity contribution in [3.8, 4) is 17.2 Å². The molecule has 0 aliphatic carbocycles. The molecule has 1 amide bonds. The zero-order valence-electron chi connectivity index (χ0n) is 14.3. The van der Waals surface area contributed by atoms with Crippen LogP contribution in [0.2, 0.25) is 0 Å². The standard InChI is InChI=1S/C19H21NO5/c1-3-23-17-10-9-15(11-18(17)24-4-2)20-19(22)13-25-16-8-6-5-7-14(16)12-21/h5-12H,3-4,13H2,1-2H3,(H,20,22). The molecule has 0 heterocycles. The van der Waals surface area contributed by atoms with Crippen LogP contribution in [0.15, 0.2) is 42.5 Å². The summed E-state index contributed by atoms with van der Waals surface area (Å²) in [6.07, 6.45) is 0.689. The summed E-state index contributed by atoms with van der Waals surface area (Å²) >= 11 is 0. The smallest absolute Gasteiger partial charge is 0.262 e. The zero-order valence-corrected chi connectivity index (χ0v) is 14.3. The average Bonchev–Trinajstić information content (AvgIpc) is 2.62. The van der Waals surface area contributed by atoms with Crippen molar-refractivity contribution in [1.82, 2.24) is 0 Å². The van der Waals surface area contributed by atoms with Gasteiger partial charge in [-0.05, 0) is 38.1 Å². The van der Waals surface area contributed by atoms with Crippen molar-refractivity contribution in [3.63, 3.8) is 0 Å². The summed E-state index contributed by atoms with van der Waals surface area (Å²) in [4.78, 5) is 23.0. The van der Waals surface area contributed by atoms with Crippen molar-refractivity contribution in [3.05, 3.63) is 48.0 Å². The fourth-order valence-corrected chi connectivity index (χ4v) is 2.18. The van der Waals surface area contributed by atoms with Crippen LogP contribution in [-0.2, 0) is 4.79 Å². The van der Waals surface area contributed by atoms with Crippen LogP contribution in [0, 0.1) is 0 Å². The van der Waals surface area contributed by atoms with Gasteiger partial charge in [-0.15, -0.1) is 0 Å².